The van der Waals surface area contributed by atoms with Crippen molar-refractivity contribution in [1.29, 1.82) is 0 Å². The maximum Gasteiger partial charge on any atom is 0.231 e. The second kappa shape index (κ2) is 6.56. The molecule has 0 N–H and O–H groups in total. The van der Waals surface area contributed by atoms with Gasteiger partial charge in [0.1, 0.15) is 0 Å². The molecule has 1 aliphatic heterocycles. The second-order valence-corrected chi connectivity index (χ2v) is 6.50. The summed E-state index contributed by atoms with van der Waals surface area (Å²) in [4.78, 5) is 14.8. The zero-order valence-corrected chi connectivity index (χ0v) is 13.6. The van der Waals surface area contributed by atoms with Gasteiger partial charge < -0.3 is 14.4 Å². The topological polar surface area (TPSA) is 38.8 Å². The first-order chi connectivity index (χ1) is 11.8. The molecule has 1 heterocycles. The molecule has 0 aromatic heterocycles. The maximum atomic E-state index is 12.8. The van der Waals surface area contributed by atoms with Crippen molar-refractivity contribution in [2.24, 2.45) is 5.92 Å². The maximum absolute atomic E-state index is 12.8. The summed E-state index contributed by atoms with van der Waals surface area (Å²) < 4.78 is 10.8. The van der Waals surface area contributed by atoms with E-state index >= 15 is 0 Å². The summed E-state index contributed by atoms with van der Waals surface area (Å²) >= 11 is 0. The van der Waals surface area contributed by atoms with Gasteiger partial charge in [0, 0.05) is 19.0 Å². The van der Waals surface area contributed by atoms with Gasteiger partial charge in [-0.15, -0.1) is 0 Å². The van der Waals surface area contributed by atoms with E-state index in [1.807, 2.05) is 41.3 Å². The van der Waals surface area contributed by atoms with Crippen molar-refractivity contribution in [1.82, 2.24) is 4.90 Å². The van der Waals surface area contributed by atoms with Gasteiger partial charge >= 0.3 is 0 Å². The van der Waals surface area contributed by atoms with Crippen molar-refractivity contribution in [3.05, 3.63) is 59.7 Å². The molecule has 124 valence electrons. The van der Waals surface area contributed by atoms with Crippen molar-refractivity contribution in [2.45, 2.75) is 32.4 Å². The number of nitrogens with zero attached hydrogens (tertiary/aromatic N) is 1. The predicted octanol–water partition coefficient (Wildman–Crippen LogP) is 3.74. The Labute approximate surface area is 142 Å². The summed E-state index contributed by atoms with van der Waals surface area (Å²) in [6.45, 7) is 1.51. The standard InChI is InChI=1S/C20H21NO3/c22-20(17-7-4-8-17)21(12-15-5-2-1-3-6-15)13-16-9-10-18-19(11-16)24-14-23-18/h1-3,5-6,9-11,17H,4,7-8,12-14H2. The van der Waals surface area contributed by atoms with E-state index in [4.69, 9.17) is 9.47 Å². The van der Waals surface area contributed by atoms with Crippen LogP contribution in [-0.2, 0) is 17.9 Å². The first-order valence-corrected chi connectivity index (χ1v) is 8.51. The van der Waals surface area contributed by atoms with Crippen molar-refractivity contribution >= 4 is 5.91 Å². The molecular weight excluding hydrogens is 302 g/mol. The number of rotatable bonds is 5. The van der Waals surface area contributed by atoms with Gasteiger partial charge in [0.25, 0.3) is 0 Å². The lowest BCUT2D eigenvalue weighted by molar-refractivity contribution is -0.139. The van der Waals surface area contributed by atoms with E-state index in [0.29, 0.717) is 13.1 Å². The number of ether oxygens (including phenoxy) is 2. The number of carbonyl (C=O) groups excluding carboxylic acids is 1. The average Bonchev–Trinajstić information content (AvgIpc) is 3.01. The Morgan fingerprint density at radius 1 is 0.958 bits per heavy atom. The molecule has 2 aliphatic rings. The average molecular weight is 323 g/mol. The minimum atomic E-state index is 0.197. The molecule has 2 aromatic carbocycles. The van der Waals surface area contributed by atoms with Crippen LogP contribution in [0.15, 0.2) is 48.5 Å². The zero-order chi connectivity index (χ0) is 16.4. The summed E-state index contributed by atoms with van der Waals surface area (Å²) in [6, 6.07) is 16.1. The summed E-state index contributed by atoms with van der Waals surface area (Å²) in [6.07, 6.45) is 3.20. The molecule has 1 fully saturated rings. The molecule has 1 amide bonds. The Bertz CT molecular complexity index is 725. The van der Waals surface area contributed by atoms with Crippen LogP contribution in [0.2, 0.25) is 0 Å². The summed E-state index contributed by atoms with van der Waals surface area (Å²) in [7, 11) is 0. The number of hydrogen-bond acceptors (Lipinski definition) is 3. The van der Waals surface area contributed by atoms with E-state index in [9.17, 15) is 4.79 Å². The molecule has 0 spiro atoms. The van der Waals surface area contributed by atoms with Gasteiger partial charge in [-0.1, -0.05) is 42.8 Å². The second-order valence-electron chi connectivity index (χ2n) is 6.50. The van der Waals surface area contributed by atoms with Crippen LogP contribution in [0.3, 0.4) is 0 Å². The van der Waals surface area contributed by atoms with Crippen LogP contribution in [0.5, 0.6) is 11.5 Å². The van der Waals surface area contributed by atoms with Gasteiger partial charge in [0.15, 0.2) is 11.5 Å². The molecule has 0 atom stereocenters. The molecule has 0 radical (unpaired) electrons. The van der Waals surface area contributed by atoms with Crippen LogP contribution in [-0.4, -0.2) is 17.6 Å². The van der Waals surface area contributed by atoms with Gasteiger partial charge in [-0.3, -0.25) is 4.79 Å². The fourth-order valence-corrected chi connectivity index (χ4v) is 3.19. The van der Waals surface area contributed by atoms with Crippen LogP contribution < -0.4 is 9.47 Å². The van der Waals surface area contributed by atoms with E-state index in [1.54, 1.807) is 0 Å². The van der Waals surface area contributed by atoms with E-state index in [2.05, 4.69) is 12.1 Å². The molecule has 0 saturated heterocycles. The van der Waals surface area contributed by atoms with Crippen molar-refractivity contribution in [2.75, 3.05) is 6.79 Å². The number of amides is 1. The molecule has 1 saturated carbocycles. The van der Waals surface area contributed by atoms with Gasteiger partial charge in [0.05, 0.1) is 0 Å². The Balaban J connectivity index is 1.54. The summed E-state index contributed by atoms with van der Waals surface area (Å²) in [5.41, 5.74) is 2.23. The van der Waals surface area contributed by atoms with Gasteiger partial charge in [-0.05, 0) is 36.1 Å². The SMILES string of the molecule is O=C(C1CCC1)N(Cc1ccccc1)Cc1ccc2c(c1)OCO2. The molecule has 0 bridgehead atoms. The molecule has 4 nitrogen and oxygen atoms in total. The Kier molecular flexibility index (Phi) is 4.11. The van der Waals surface area contributed by atoms with Crippen LogP contribution >= 0.6 is 0 Å². The van der Waals surface area contributed by atoms with Crippen LogP contribution in [0.1, 0.15) is 30.4 Å². The fraction of sp³-hybridized carbons (Fsp3) is 0.350. The highest BCUT2D eigenvalue weighted by Crippen LogP contribution is 2.34. The first-order valence-electron chi connectivity index (χ1n) is 8.51. The third-order valence-electron chi connectivity index (χ3n) is 4.79. The first kappa shape index (κ1) is 15.1. The van der Waals surface area contributed by atoms with E-state index in [-0.39, 0.29) is 18.6 Å². The van der Waals surface area contributed by atoms with Gasteiger partial charge in [0.2, 0.25) is 12.7 Å². The van der Waals surface area contributed by atoms with E-state index in [0.717, 1.165) is 35.5 Å². The number of hydrogen-bond donors (Lipinski definition) is 0. The molecule has 24 heavy (non-hydrogen) atoms. The Hall–Kier alpha value is -2.49. The number of fused-ring (bicyclic) bond motifs is 1. The van der Waals surface area contributed by atoms with Crippen LogP contribution in [0, 0.1) is 5.92 Å². The van der Waals surface area contributed by atoms with Gasteiger partial charge in [-0.25, -0.2) is 0 Å². The third kappa shape index (κ3) is 3.09. The summed E-state index contributed by atoms with van der Waals surface area (Å²) in [5.74, 6) is 2.01. The smallest absolute Gasteiger partial charge is 0.231 e. The fourth-order valence-electron chi connectivity index (χ4n) is 3.19. The molecule has 4 rings (SSSR count). The minimum absolute atomic E-state index is 0.197. The molecule has 4 heteroatoms. The van der Waals surface area contributed by atoms with E-state index in [1.165, 1.54) is 6.42 Å². The van der Waals surface area contributed by atoms with Crippen LogP contribution in [0.25, 0.3) is 0 Å². The van der Waals surface area contributed by atoms with Crippen molar-refractivity contribution in [3.63, 3.8) is 0 Å². The van der Waals surface area contributed by atoms with Crippen molar-refractivity contribution in [3.8, 4) is 11.5 Å². The van der Waals surface area contributed by atoms with Gasteiger partial charge in [-0.2, -0.15) is 0 Å². The lowest BCUT2D eigenvalue weighted by Gasteiger charge is -2.32. The third-order valence-corrected chi connectivity index (χ3v) is 4.79. The highest BCUT2D eigenvalue weighted by atomic mass is 16.7. The molecule has 0 unspecified atom stereocenters. The molecular formula is C20H21NO3. The molecule has 1 aliphatic carbocycles. The van der Waals surface area contributed by atoms with E-state index < -0.39 is 0 Å². The normalized spacial score (nSPS) is 15.8. The highest BCUT2D eigenvalue weighted by molar-refractivity contribution is 5.79. The van der Waals surface area contributed by atoms with Crippen LogP contribution in [0.4, 0.5) is 0 Å². The lowest BCUT2D eigenvalue weighted by atomic mass is 9.84. The Morgan fingerprint density at radius 2 is 1.71 bits per heavy atom. The summed E-state index contributed by atoms with van der Waals surface area (Å²) in [5, 5.41) is 0. The predicted molar refractivity (Wildman–Crippen MR) is 90.6 cm³/mol. The lowest BCUT2D eigenvalue weighted by Crippen LogP contribution is -2.38. The quantitative estimate of drug-likeness (QED) is 0.841. The molecule has 2 aromatic rings. The highest BCUT2D eigenvalue weighted by Gasteiger charge is 2.29. The zero-order valence-electron chi connectivity index (χ0n) is 13.6. The number of carbonyl (C=O) groups is 1. The largest absolute Gasteiger partial charge is 0.454 e. The Morgan fingerprint density at radius 3 is 2.46 bits per heavy atom. The monoisotopic (exact) mass is 323 g/mol. The number of benzene rings is 2. The van der Waals surface area contributed by atoms with Crippen molar-refractivity contribution < 1.29 is 14.3 Å². The minimum Gasteiger partial charge on any atom is -0.454 e.